The van der Waals surface area contributed by atoms with Crippen molar-refractivity contribution in [2.75, 3.05) is 20.2 Å². The number of fused-ring (bicyclic) bond motifs is 6. The van der Waals surface area contributed by atoms with Crippen LogP contribution in [0.1, 0.15) is 43.0 Å². The Hall–Kier alpha value is -1.81. The van der Waals surface area contributed by atoms with E-state index in [0.717, 1.165) is 38.8 Å². The summed E-state index contributed by atoms with van der Waals surface area (Å²) in [6.45, 7) is 2.28. The van der Waals surface area contributed by atoms with Crippen LogP contribution in [0.3, 0.4) is 0 Å². The number of para-hydroxylation sites is 1. The number of piperidine rings is 1. The summed E-state index contributed by atoms with van der Waals surface area (Å²) in [5.74, 6) is 1.23. The lowest BCUT2D eigenvalue weighted by atomic mass is 9.66. The number of carbonyl (C=O) groups excluding carboxylic acids is 1. The number of esters is 1. The minimum Gasteiger partial charge on any atom is -0.469 e. The van der Waals surface area contributed by atoms with Crippen LogP contribution in [-0.2, 0) is 16.0 Å². The number of H-pyrrole nitrogens is 1. The summed E-state index contributed by atoms with van der Waals surface area (Å²) in [7, 11) is 1.54. The fourth-order valence-electron chi connectivity index (χ4n) is 5.80. The number of rotatable bonds is 1. The van der Waals surface area contributed by atoms with Crippen molar-refractivity contribution < 1.29 is 9.53 Å². The van der Waals surface area contributed by atoms with Gasteiger partial charge in [-0.25, -0.2) is 0 Å². The van der Waals surface area contributed by atoms with Gasteiger partial charge in [-0.3, -0.25) is 9.69 Å². The first-order valence-corrected chi connectivity index (χ1v) is 9.67. The summed E-state index contributed by atoms with van der Waals surface area (Å²) < 4.78 is 5.13. The molecule has 0 radical (unpaired) electrons. The van der Waals surface area contributed by atoms with Crippen molar-refractivity contribution in [1.82, 2.24) is 9.88 Å². The molecule has 5 rings (SSSR count). The molecule has 3 aliphatic rings. The zero-order valence-corrected chi connectivity index (χ0v) is 14.8. The van der Waals surface area contributed by atoms with Crippen molar-refractivity contribution in [3.05, 3.63) is 35.5 Å². The highest BCUT2D eigenvalue weighted by Crippen LogP contribution is 2.49. The third kappa shape index (κ3) is 2.34. The fraction of sp³-hybridized carbons (Fsp3) is 0.571. The first kappa shape index (κ1) is 15.4. The molecule has 1 aliphatic carbocycles. The van der Waals surface area contributed by atoms with E-state index in [1.54, 1.807) is 0 Å². The summed E-state index contributed by atoms with van der Waals surface area (Å²) in [6.07, 6.45) is 5.65. The number of nitrogens with one attached hydrogen (secondary N) is 1. The van der Waals surface area contributed by atoms with Crippen LogP contribution in [-0.4, -0.2) is 36.1 Å². The first-order chi connectivity index (χ1) is 12.3. The molecule has 4 atom stereocenters. The summed E-state index contributed by atoms with van der Waals surface area (Å²) >= 11 is 0. The number of aromatic nitrogens is 1. The number of aromatic amines is 1. The molecule has 1 saturated heterocycles. The zero-order valence-electron chi connectivity index (χ0n) is 14.8. The van der Waals surface area contributed by atoms with Crippen molar-refractivity contribution >= 4 is 16.9 Å². The van der Waals surface area contributed by atoms with Crippen LogP contribution in [0.25, 0.3) is 10.9 Å². The number of carbonyl (C=O) groups is 1. The van der Waals surface area contributed by atoms with Gasteiger partial charge < -0.3 is 9.72 Å². The normalized spacial score (nSPS) is 31.9. The number of benzene rings is 1. The number of nitrogens with zero attached hydrogens (tertiary/aromatic N) is 1. The Labute approximate surface area is 148 Å². The van der Waals surface area contributed by atoms with Crippen LogP contribution in [0, 0.1) is 17.8 Å². The van der Waals surface area contributed by atoms with Gasteiger partial charge in [0.1, 0.15) is 0 Å². The van der Waals surface area contributed by atoms with E-state index in [1.165, 1.54) is 35.7 Å². The molecule has 25 heavy (non-hydrogen) atoms. The van der Waals surface area contributed by atoms with E-state index in [9.17, 15) is 4.79 Å². The van der Waals surface area contributed by atoms with Crippen molar-refractivity contribution in [2.24, 2.45) is 17.8 Å². The van der Waals surface area contributed by atoms with E-state index in [-0.39, 0.29) is 11.9 Å². The lowest BCUT2D eigenvalue weighted by Gasteiger charge is -2.49. The van der Waals surface area contributed by atoms with Crippen molar-refractivity contribution in [3.8, 4) is 0 Å². The highest BCUT2D eigenvalue weighted by molar-refractivity contribution is 5.85. The molecule has 1 aromatic heterocycles. The lowest BCUT2D eigenvalue weighted by Crippen LogP contribution is -2.50. The van der Waals surface area contributed by atoms with Crippen LogP contribution in [0.5, 0.6) is 0 Å². The SMILES string of the molecule is COC(=O)[C@@H]1CCCC2CN3CCc4c([nH]c5ccccc45)C3CC21. The van der Waals surface area contributed by atoms with E-state index in [1.807, 2.05) is 0 Å². The Morgan fingerprint density at radius 1 is 1.28 bits per heavy atom. The second-order valence-electron chi connectivity index (χ2n) is 8.04. The zero-order chi connectivity index (χ0) is 17.0. The van der Waals surface area contributed by atoms with Crippen LogP contribution in [0.2, 0.25) is 0 Å². The maximum atomic E-state index is 12.3. The molecule has 0 bridgehead atoms. The maximum Gasteiger partial charge on any atom is 0.308 e. The highest BCUT2D eigenvalue weighted by atomic mass is 16.5. The van der Waals surface area contributed by atoms with Crippen LogP contribution in [0.4, 0.5) is 0 Å². The Morgan fingerprint density at radius 3 is 3.04 bits per heavy atom. The molecule has 2 fully saturated rings. The van der Waals surface area contributed by atoms with Gasteiger partial charge in [0.15, 0.2) is 0 Å². The van der Waals surface area contributed by atoms with Gasteiger partial charge in [-0.1, -0.05) is 24.6 Å². The average Bonchev–Trinajstić information content (AvgIpc) is 3.04. The number of hydrogen-bond acceptors (Lipinski definition) is 3. The fourth-order valence-corrected chi connectivity index (χ4v) is 5.80. The molecule has 2 aliphatic heterocycles. The smallest absolute Gasteiger partial charge is 0.308 e. The average molecular weight is 338 g/mol. The summed E-state index contributed by atoms with van der Waals surface area (Å²) in [5.41, 5.74) is 4.16. The van der Waals surface area contributed by atoms with Gasteiger partial charge >= 0.3 is 5.97 Å². The number of ether oxygens (including phenoxy) is 1. The van der Waals surface area contributed by atoms with E-state index in [4.69, 9.17) is 4.74 Å². The van der Waals surface area contributed by atoms with Gasteiger partial charge in [0.05, 0.1) is 19.1 Å². The predicted molar refractivity (Wildman–Crippen MR) is 97.3 cm³/mol. The van der Waals surface area contributed by atoms with Gasteiger partial charge in [0.25, 0.3) is 0 Å². The molecular formula is C21H26N2O2. The van der Waals surface area contributed by atoms with Crippen LogP contribution < -0.4 is 0 Å². The minimum absolute atomic E-state index is 0.0100. The molecule has 4 heteroatoms. The molecule has 0 spiro atoms. The molecule has 0 amide bonds. The molecule has 1 N–H and O–H groups in total. The molecule has 3 unspecified atom stereocenters. The van der Waals surface area contributed by atoms with E-state index in [0.29, 0.717) is 17.9 Å². The standard InChI is InChI=1S/C21H26N2O2/c1-25-21(24)16-7-4-5-13-12-23-10-9-15-14-6-2-3-8-18(14)22-20(15)19(23)11-17(13)16/h2-3,6,8,13,16-17,19,22H,4-5,7,9-12H2,1H3/t13?,16-,17?,19?/m1/s1. The summed E-state index contributed by atoms with van der Waals surface area (Å²) in [5, 5.41) is 1.38. The first-order valence-electron chi connectivity index (χ1n) is 9.67. The second-order valence-corrected chi connectivity index (χ2v) is 8.04. The van der Waals surface area contributed by atoms with Gasteiger partial charge in [-0.2, -0.15) is 0 Å². The summed E-state index contributed by atoms with van der Waals surface area (Å²) in [4.78, 5) is 18.7. The van der Waals surface area contributed by atoms with Crippen molar-refractivity contribution in [3.63, 3.8) is 0 Å². The van der Waals surface area contributed by atoms with Gasteiger partial charge in [-0.15, -0.1) is 0 Å². The van der Waals surface area contributed by atoms with E-state index in [2.05, 4.69) is 34.1 Å². The molecule has 2 aromatic rings. The molecule has 1 aromatic carbocycles. The van der Waals surface area contributed by atoms with Crippen molar-refractivity contribution in [2.45, 2.75) is 38.1 Å². The Balaban J connectivity index is 1.51. The molecule has 4 nitrogen and oxygen atoms in total. The monoisotopic (exact) mass is 338 g/mol. The van der Waals surface area contributed by atoms with E-state index < -0.39 is 0 Å². The van der Waals surface area contributed by atoms with Gasteiger partial charge in [-0.05, 0) is 49.1 Å². The molecule has 132 valence electrons. The van der Waals surface area contributed by atoms with Crippen molar-refractivity contribution in [1.29, 1.82) is 0 Å². The van der Waals surface area contributed by atoms with Gasteiger partial charge in [0.2, 0.25) is 0 Å². The quantitative estimate of drug-likeness (QED) is 0.807. The Kier molecular flexibility index (Phi) is 3.63. The Bertz CT molecular complexity index is 811. The van der Waals surface area contributed by atoms with Crippen LogP contribution >= 0.6 is 0 Å². The molecule has 3 heterocycles. The predicted octanol–water partition coefficient (Wildman–Crippen LogP) is 3.68. The number of methoxy groups -OCH3 is 1. The molecular weight excluding hydrogens is 312 g/mol. The lowest BCUT2D eigenvalue weighted by molar-refractivity contribution is -0.152. The minimum atomic E-state index is 0.0100. The Morgan fingerprint density at radius 2 is 2.16 bits per heavy atom. The third-order valence-corrected chi connectivity index (χ3v) is 6.95. The maximum absolute atomic E-state index is 12.3. The highest BCUT2D eigenvalue weighted by Gasteiger charge is 2.46. The number of hydrogen-bond donors (Lipinski definition) is 1. The van der Waals surface area contributed by atoms with E-state index >= 15 is 0 Å². The second kappa shape index (κ2) is 5.87. The molecule has 1 saturated carbocycles. The largest absolute Gasteiger partial charge is 0.469 e. The third-order valence-electron chi connectivity index (χ3n) is 6.95. The summed E-state index contributed by atoms with van der Waals surface area (Å²) in [6, 6.07) is 9.09. The topological polar surface area (TPSA) is 45.3 Å². The van der Waals surface area contributed by atoms with Crippen LogP contribution in [0.15, 0.2) is 24.3 Å². The van der Waals surface area contributed by atoms with Gasteiger partial charge in [0, 0.05) is 29.7 Å².